The molecule has 0 atom stereocenters. The SMILES string of the molecule is Cc1ncsc1-c1nnc(CNC(=O)c2ccncc2)o1. The zero-order valence-electron chi connectivity index (χ0n) is 11.1. The van der Waals surface area contributed by atoms with Gasteiger partial charge in [0.05, 0.1) is 17.7 Å². The molecule has 0 unspecified atom stereocenters. The fraction of sp³-hybridized carbons (Fsp3) is 0.154. The summed E-state index contributed by atoms with van der Waals surface area (Å²) in [6.45, 7) is 2.05. The van der Waals surface area contributed by atoms with Crippen molar-refractivity contribution in [3.05, 3.63) is 47.2 Å². The third kappa shape index (κ3) is 2.95. The number of thiazole rings is 1. The Balaban J connectivity index is 1.66. The molecule has 0 saturated heterocycles. The Morgan fingerprint density at radius 3 is 2.86 bits per heavy atom. The van der Waals surface area contributed by atoms with Crippen molar-refractivity contribution < 1.29 is 9.21 Å². The van der Waals surface area contributed by atoms with Crippen molar-refractivity contribution in [2.45, 2.75) is 13.5 Å². The van der Waals surface area contributed by atoms with Crippen molar-refractivity contribution in [3.8, 4) is 10.8 Å². The van der Waals surface area contributed by atoms with Crippen molar-refractivity contribution in [3.63, 3.8) is 0 Å². The first-order valence-electron chi connectivity index (χ1n) is 6.15. The number of pyridine rings is 1. The van der Waals surface area contributed by atoms with Crippen LogP contribution >= 0.6 is 11.3 Å². The number of carbonyl (C=O) groups is 1. The Hall–Kier alpha value is -2.61. The summed E-state index contributed by atoms with van der Waals surface area (Å²) in [5.74, 6) is 0.550. The Morgan fingerprint density at radius 2 is 2.14 bits per heavy atom. The molecule has 0 fully saturated rings. The highest BCUT2D eigenvalue weighted by Gasteiger charge is 2.14. The van der Waals surface area contributed by atoms with Crippen molar-refractivity contribution in [1.29, 1.82) is 0 Å². The van der Waals surface area contributed by atoms with Gasteiger partial charge in [0.1, 0.15) is 4.88 Å². The maximum Gasteiger partial charge on any atom is 0.259 e. The topological polar surface area (TPSA) is 93.8 Å². The van der Waals surface area contributed by atoms with Crippen molar-refractivity contribution in [2.24, 2.45) is 0 Å². The molecule has 1 amide bonds. The van der Waals surface area contributed by atoms with E-state index in [0.717, 1.165) is 10.6 Å². The molecule has 3 heterocycles. The molecule has 0 aliphatic heterocycles. The second kappa shape index (κ2) is 5.80. The van der Waals surface area contributed by atoms with E-state index in [1.54, 1.807) is 30.0 Å². The molecule has 0 bridgehead atoms. The quantitative estimate of drug-likeness (QED) is 0.790. The average molecular weight is 301 g/mol. The molecule has 3 aromatic heterocycles. The Bertz CT molecular complexity index is 753. The number of aryl methyl sites for hydroxylation is 1. The van der Waals surface area contributed by atoms with Crippen molar-refractivity contribution in [2.75, 3.05) is 0 Å². The summed E-state index contributed by atoms with van der Waals surface area (Å²) in [6, 6.07) is 3.27. The van der Waals surface area contributed by atoms with Crippen molar-refractivity contribution >= 4 is 17.2 Å². The fourth-order valence-electron chi connectivity index (χ4n) is 1.69. The highest BCUT2D eigenvalue weighted by Crippen LogP contribution is 2.25. The van der Waals surface area contributed by atoms with E-state index in [9.17, 15) is 4.79 Å². The van der Waals surface area contributed by atoms with Crippen LogP contribution in [0.1, 0.15) is 21.9 Å². The smallest absolute Gasteiger partial charge is 0.259 e. The van der Waals surface area contributed by atoms with Crippen LogP contribution in [-0.4, -0.2) is 26.1 Å². The van der Waals surface area contributed by atoms with Crippen LogP contribution < -0.4 is 5.32 Å². The van der Waals surface area contributed by atoms with E-state index in [1.165, 1.54) is 11.3 Å². The van der Waals surface area contributed by atoms with E-state index in [4.69, 9.17) is 4.42 Å². The Kier molecular flexibility index (Phi) is 3.69. The summed E-state index contributed by atoms with van der Waals surface area (Å²) in [5, 5.41) is 10.6. The number of rotatable bonds is 4. The van der Waals surface area contributed by atoms with Gasteiger partial charge < -0.3 is 9.73 Å². The van der Waals surface area contributed by atoms with Gasteiger partial charge in [-0.3, -0.25) is 9.78 Å². The first-order chi connectivity index (χ1) is 10.2. The Labute approximate surface area is 124 Å². The lowest BCUT2D eigenvalue weighted by Gasteiger charge is -2.01. The van der Waals surface area contributed by atoms with Crippen LogP contribution in [0.5, 0.6) is 0 Å². The second-order valence-corrected chi connectivity index (χ2v) is 5.04. The van der Waals surface area contributed by atoms with E-state index >= 15 is 0 Å². The average Bonchev–Trinajstić information content (AvgIpc) is 3.14. The highest BCUT2D eigenvalue weighted by atomic mass is 32.1. The minimum atomic E-state index is -0.217. The largest absolute Gasteiger partial charge is 0.418 e. The van der Waals surface area contributed by atoms with E-state index in [0.29, 0.717) is 17.3 Å². The zero-order chi connectivity index (χ0) is 14.7. The van der Waals surface area contributed by atoms with E-state index in [2.05, 4.69) is 25.5 Å². The van der Waals surface area contributed by atoms with Gasteiger partial charge >= 0.3 is 0 Å². The van der Waals surface area contributed by atoms with Gasteiger partial charge in [0, 0.05) is 18.0 Å². The minimum Gasteiger partial charge on any atom is -0.418 e. The lowest BCUT2D eigenvalue weighted by molar-refractivity contribution is 0.0947. The molecule has 3 rings (SSSR count). The van der Waals surface area contributed by atoms with Crippen LogP contribution in [0, 0.1) is 6.92 Å². The van der Waals surface area contributed by atoms with E-state index in [1.807, 2.05) is 6.92 Å². The lowest BCUT2D eigenvalue weighted by atomic mass is 10.2. The molecule has 0 aliphatic rings. The molecule has 0 spiro atoms. The summed E-state index contributed by atoms with van der Waals surface area (Å²) in [4.78, 5) is 20.7. The Morgan fingerprint density at radius 1 is 1.33 bits per heavy atom. The first kappa shape index (κ1) is 13.4. The molecule has 0 aliphatic carbocycles. The summed E-state index contributed by atoms with van der Waals surface area (Å²) < 4.78 is 5.52. The van der Waals surface area contributed by atoms with Crippen molar-refractivity contribution in [1.82, 2.24) is 25.5 Å². The molecule has 0 aromatic carbocycles. The third-order valence-corrected chi connectivity index (χ3v) is 3.67. The van der Waals surface area contributed by atoms with Crippen LogP contribution in [0.3, 0.4) is 0 Å². The van der Waals surface area contributed by atoms with Crippen LogP contribution in [0.25, 0.3) is 10.8 Å². The van der Waals surface area contributed by atoms with Crippen LogP contribution in [0.2, 0.25) is 0 Å². The molecule has 0 saturated carbocycles. The number of hydrogen-bond donors (Lipinski definition) is 1. The van der Waals surface area contributed by atoms with E-state index < -0.39 is 0 Å². The fourth-order valence-corrected chi connectivity index (χ4v) is 2.41. The summed E-state index contributed by atoms with van der Waals surface area (Å²) >= 11 is 1.44. The van der Waals surface area contributed by atoms with Gasteiger partial charge in [0.25, 0.3) is 11.8 Å². The standard InChI is InChI=1S/C13H11N5O2S/c1-8-11(21-7-16-8)13-18-17-10(20-13)6-15-12(19)9-2-4-14-5-3-9/h2-5,7H,6H2,1H3,(H,15,19). The summed E-state index contributed by atoms with van der Waals surface area (Å²) in [6.07, 6.45) is 3.12. The number of nitrogens with one attached hydrogen (secondary N) is 1. The van der Waals surface area contributed by atoms with Crippen LogP contribution in [0.4, 0.5) is 0 Å². The van der Waals surface area contributed by atoms with Gasteiger partial charge in [-0.25, -0.2) is 4.98 Å². The molecule has 106 valence electrons. The van der Waals surface area contributed by atoms with Gasteiger partial charge in [-0.15, -0.1) is 21.5 Å². The molecule has 8 heteroatoms. The number of amides is 1. The number of nitrogens with zero attached hydrogens (tertiary/aromatic N) is 4. The van der Waals surface area contributed by atoms with Gasteiger partial charge in [-0.2, -0.15) is 0 Å². The van der Waals surface area contributed by atoms with E-state index in [-0.39, 0.29) is 12.5 Å². The first-order valence-corrected chi connectivity index (χ1v) is 7.03. The maximum absolute atomic E-state index is 11.9. The number of hydrogen-bond acceptors (Lipinski definition) is 7. The van der Waals surface area contributed by atoms with Gasteiger partial charge in [-0.05, 0) is 19.1 Å². The molecular weight excluding hydrogens is 290 g/mol. The molecule has 0 radical (unpaired) electrons. The molecule has 3 aromatic rings. The maximum atomic E-state index is 11.9. The van der Waals surface area contributed by atoms with Crippen LogP contribution in [0.15, 0.2) is 34.5 Å². The lowest BCUT2D eigenvalue weighted by Crippen LogP contribution is -2.22. The van der Waals surface area contributed by atoms with Gasteiger partial charge in [0.15, 0.2) is 0 Å². The number of aromatic nitrogens is 4. The molecular formula is C13H11N5O2S. The molecule has 21 heavy (non-hydrogen) atoms. The number of carbonyl (C=O) groups excluding carboxylic acids is 1. The summed E-state index contributed by atoms with van der Waals surface area (Å²) in [7, 11) is 0. The van der Waals surface area contributed by atoms with Crippen LogP contribution in [-0.2, 0) is 6.54 Å². The predicted octanol–water partition coefficient (Wildman–Crippen LogP) is 1.83. The minimum absolute atomic E-state index is 0.173. The molecule has 7 nitrogen and oxygen atoms in total. The second-order valence-electron chi connectivity index (χ2n) is 4.19. The van der Waals surface area contributed by atoms with Gasteiger partial charge in [-0.1, -0.05) is 0 Å². The monoisotopic (exact) mass is 301 g/mol. The third-order valence-electron chi connectivity index (χ3n) is 2.75. The summed E-state index contributed by atoms with van der Waals surface area (Å²) in [5.41, 5.74) is 3.10. The zero-order valence-corrected chi connectivity index (χ0v) is 11.9. The highest BCUT2D eigenvalue weighted by molar-refractivity contribution is 7.13. The van der Waals surface area contributed by atoms with Gasteiger partial charge in [0.2, 0.25) is 5.89 Å². The predicted molar refractivity (Wildman–Crippen MR) is 75.6 cm³/mol. The molecule has 1 N–H and O–H groups in total. The normalized spacial score (nSPS) is 10.5.